The van der Waals surface area contributed by atoms with Crippen LogP contribution >= 0.6 is 34.8 Å². The highest BCUT2D eigenvalue weighted by Crippen LogP contribution is 2.39. The van der Waals surface area contributed by atoms with Gasteiger partial charge in [-0.25, -0.2) is 13.8 Å². The van der Waals surface area contributed by atoms with Crippen LogP contribution in [0.15, 0.2) is 42.5 Å². The van der Waals surface area contributed by atoms with E-state index < -0.39 is 29.6 Å². The number of benzene rings is 3. The lowest BCUT2D eigenvalue weighted by Crippen LogP contribution is -2.41. The molecule has 5 nitrogen and oxygen atoms in total. The molecular weight excluding hydrogens is 622 g/mol. The lowest BCUT2D eigenvalue weighted by molar-refractivity contribution is -0.175. The first-order valence-corrected chi connectivity index (χ1v) is 14.1. The molecule has 222 valence electrons. The Morgan fingerprint density at radius 2 is 1.76 bits per heavy atom. The number of piperidine rings is 1. The van der Waals surface area contributed by atoms with Gasteiger partial charge in [-0.05, 0) is 54.3 Å². The summed E-state index contributed by atoms with van der Waals surface area (Å²) < 4.78 is 69.0. The molecule has 0 bridgehead atoms. The Morgan fingerprint density at radius 1 is 1.05 bits per heavy atom. The third-order valence-electron chi connectivity index (χ3n) is 7.43. The standard InChI is InChI=1S/C29H24Cl3F5N4O/c1-40-25-12-24(41-6-2-3-17(14-41)29(35,36)37)22(31)11-23(25)39-26(40)10-20-21(30)5-4-15(27(20)32)13-38-28(42)16-7-18(33)9-19(34)8-16/h4-5,7-9,11-12,17H,2-3,6,10,13-14H2,1H3,(H,38,42). The van der Waals surface area contributed by atoms with E-state index in [9.17, 15) is 26.7 Å². The number of carbonyl (C=O) groups excluding carboxylic acids is 1. The highest BCUT2D eigenvalue weighted by Gasteiger charge is 2.42. The Balaban J connectivity index is 1.38. The monoisotopic (exact) mass is 644 g/mol. The molecule has 3 aromatic carbocycles. The second-order valence-corrected chi connectivity index (χ2v) is 11.4. The summed E-state index contributed by atoms with van der Waals surface area (Å²) in [5.41, 5.74) is 2.64. The molecule has 1 fully saturated rings. The summed E-state index contributed by atoms with van der Waals surface area (Å²) in [6.07, 6.45) is -3.58. The molecule has 0 aliphatic carbocycles. The molecule has 13 heteroatoms. The molecule has 1 aliphatic heterocycles. The van der Waals surface area contributed by atoms with Crippen LogP contribution in [-0.2, 0) is 20.0 Å². The van der Waals surface area contributed by atoms with Crippen molar-refractivity contribution in [3.8, 4) is 0 Å². The van der Waals surface area contributed by atoms with Crippen molar-refractivity contribution in [3.05, 3.63) is 91.7 Å². The van der Waals surface area contributed by atoms with Crippen LogP contribution in [0.4, 0.5) is 27.6 Å². The molecule has 1 saturated heterocycles. The van der Waals surface area contributed by atoms with Crippen molar-refractivity contribution in [2.75, 3.05) is 18.0 Å². The van der Waals surface area contributed by atoms with Gasteiger partial charge in [-0.2, -0.15) is 13.2 Å². The largest absolute Gasteiger partial charge is 0.393 e. The van der Waals surface area contributed by atoms with E-state index in [0.717, 1.165) is 12.1 Å². The number of aryl methyl sites for hydroxylation is 1. The predicted molar refractivity (Wildman–Crippen MR) is 154 cm³/mol. The number of hydrogen-bond acceptors (Lipinski definition) is 3. The number of nitrogens with zero attached hydrogens (tertiary/aromatic N) is 3. The maximum absolute atomic E-state index is 13.5. The Morgan fingerprint density at radius 3 is 2.45 bits per heavy atom. The zero-order valence-electron chi connectivity index (χ0n) is 22.1. The Bertz CT molecular complexity index is 1650. The molecule has 5 rings (SSSR count). The summed E-state index contributed by atoms with van der Waals surface area (Å²) in [6, 6.07) is 9.17. The van der Waals surface area contributed by atoms with Crippen LogP contribution in [0.5, 0.6) is 0 Å². The third-order valence-corrected chi connectivity index (χ3v) is 8.56. The topological polar surface area (TPSA) is 50.2 Å². The van der Waals surface area contributed by atoms with Crippen LogP contribution in [-0.4, -0.2) is 34.7 Å². The van der Waals surface area contributed by atoms with Gasteiger partial charge in [0.25, 0.3) is 5.91 Å². The van der Waals surface area contributed by atoms with Gasteiger partial charge in [0, 0.05) is 49.8 Å². The summed E-state index contributed by atoms with van der Waals surface area (Å²) in [7, 11) is 1.78. The van der Waals surface area contributed by atoms with Crippen LogP contribution in [0.1, 0.15) is 40.2 Å². The Hall–Kier alpha value is -3.08. The summed E-state index contributed by atoms with van der Waals surface area (Å²) in [5.74, 6) is -3.27. The van der Waals surface area contributed by atoms with Crippen molar-refractivity contribution < 1.29 is 26.7 Å². The molecule has 0 radical (unpaired) electrons. The summed E-state index contributed by atoms with van der Waals surface area (Å²) in [4.78, 5) is 18.8. The molecule has 1 aliphatic rings. The van der Waals surface area contributed by atoms with E-state index >= 15 is 0 Å². The fourth-order valence-electron chi connectivity index (χ4n) is 5.18. The zero-order valence-corrected chi connectivity index (χ0v) is 24.4. The Kier molecular flexibility index (Phi) is 8.60. The van der Waals surface area contributed by atoms with Crippen molar-refractivity contribution >= 4 is 57.4 Å². The van der Waals surface area contributed by atoms with Crippen LogP contribution < -0.4 is 10.2 Å². The number of rotatable bonds is 6. The number of imidazole rings is 1. The predicted octanol–water partition coefficient (Wildman–Crippen LogP) is 8.11. The number of fused-ring (bicyclic) bond motifs is 1. The van der Waals surface area contributed by atoms with E-state index in [1.807, 2.05) is 0 Å². The molecule has 1 amide bonds. The first kappa shape index (κ1) is 30.4. The summed E-state index contributed by atoms with van der Waals surface area (Å²) in [6.45, 7) is 0.267. The minimum atomic E-state index is -4.28. The van der Waals surface area contributed by atoms with Gasteiger partial charge < -0.3 is 14.8 Å². The number of carbonyl (C=O) groups is 1. The van der Waals surface area contributed by atoms with E-state index in [1.54, 1.807) is 40.8 Å². The smallest absolute Gasteiger partial charge is 0.370 e. The van der Waals surface area contributed by atoms with E-state index in [4.69, 9.17) is 34.8 Å². The average molecular weight is 646 g/mol. The van der Waals surface area contributed by atoms with E-state index in [-0.39, 0.29) is 36.5 Å². The highest BCUT2D eigenvalue weighted by atomic mass is 35.5. The number of alkyl halides is 3. The normalized spacial score (nSPS) is 15.8. The molecule has 0 spiro atoms. The van der Waals surface area contributed by atoms with Gasteiger partial charge in [-0.1, -0.05) is 40.9 Å². The fraction of sp³-hybridized carbons (Fsp3) is 0.310. The molecule has 0 saturated carbocycles. The van der Waals surface area contributed by atoms with Gasteiger partial charge in [0.2, 0.25) is 0 Å². The maximum Gasteiger partial charge on any atom is 0.393 e. The number of hydrogen-bond donors (Lipinski definition) is 1. The quantitative estimate of drug-likeness (QED) is 0.216. The van der Waals surface area contributed by atoms with Crippen molar-refractivity contribution in [1.29, 1.82) is 0 Å². The Labute approximate surface area is 253 Å². The molecule has 2 heterocycles. The molecule has 42 heavy (non-hydrogen) atoms. The number of amides is 1. The first-order chi connectivity index (χ1) is 19.8. The van der Waals surface area contributed by atoms with Crippen molar-refractivity contribution in [3.63, 3.8) is 0 Å². The molecule has 1 unspecified atom stereocenters. The SMILES string of the molecule is Cn1c(Cc2c(Cl)ccc(CNC(=O)c3cc(F)cc(F)c3)c2Cl)nc2cc(Cl)c(N3CCCC(C(F)(F)F)C3)cc21. The van der Waals surface area contributed by atoms with Gasteiger partial charge in [0.1, 0.15) is 17.5 Å². The third kappa shape index (κ3) is 6.31. The second-order valence-electron chi connectivity index (χ2n) is 10.2. The average Bonchev–Trinajstić information content (AvgIpc) is 3.22. The van der Waals surface area contributed by atoms with Gasteiger partial charge in [-0.15, -0.1) is 0 Å². The zero-order chi connectivity index (χ0) is 30.3. The van der Waals surface area contributed by atoms with Crippen molar-refractivity contribution in [1.82, 2.24) is 14.9 Å². The van der Waals surface area contributed by atoms with E-state index in [2.05, 4.69) is 10.3 Å². The molecule has 1 N–H and O–H groups in total. The number of aromatic nitrogens is 2. The van der Waals surface area contributed by atoms with Crippen molar-refractivity contribution in [2.45, 2.75) is 32.0 Å². The van der Waals surface area contributed by atoms with Gasteiger partial charge in [-0.3, -0.25) is 4.79 Å². The van der Waals surface area contributed by atoms with Crippen LogP contribution in [0.2, 0.25) is 15.1 Å². The summed E-state index contributed by atoms with van der Waals surface area (Å²) in [5, 5.41) is 3.55. The minimum Gasteiger partial charge on any atom is -0.370 e. The van der Waals surface area contributed by atoms with Gasteiger partial charge >= 0.3 is 6.18 Å². The van der Waals surface area contributed by atoms with Crippen LogP contribution in [0, 0.1) is 17.6 Å². The fourth-order valence-corrected chi connectivity index (χ4v) is 6.03. The maximum atomic E-state index is 13.5. The number of anilines is 1. The van der Waals surface area contributed by atoms with Gasteiger partial charge in [0.05, 0.1) is 32.7 Å². The first-order valence-electron chi connectivity index (χ1n) is 13.0. The molecule has 1 atom stereocenters. The molecular formula is C29H24Cl3F5N4O. The van der Waals surface area contributed by atoms with Crippen LogP contribution in [0.25, 0.3) is 11.0 Å². The second kappa shape index (κ2) is 11.9. The van der Waals surface area contributed by atoms with E-state index in [1.165, 1.54) is 0 Å². The summed E-state index contributed by atoms with van der Waals surface area (Å²) >= 11 is 19.7. The van der Waals surface area contributed by atoms with Crippen LogP contribution in [0.3, 0.4) is 0 Å². The molecule has 1 aromatic heterocycles. The lowest BCUT2D eigenvalue weighted by Gasteiger charge is -2.35. The molecule has 4 aromatic rings. The highest BCUT2D eigenvalue weighted by molar-refractivity contribution is 6.36. The van der Waals surface area contributed by atoms with Gasteiger partial charge in [0.15, 0.2) is 0 Å². The number of halogens is 8. The van der Waals surface area contributed by atoms with Crippen molar-refractivity contribution in [2.24, 2.45) is 13.0 Å². The lowest BCUT2D eigenvalue weighted by atomic mass is 9.97. The minimum absolute atomic E-state index is 0.0315. The van der Waals surface area contributed by atoms with E-state index in [0.29, 0.717) is 62.7 Å². The number of nitrogens with one attached hydrogen (secondary N) is 1.